The molecule has 4 rings (SSSR count). The Morgan fingerprint density at radius 3 is 2.43 bits per heavy atom. The summed E-state index contributed by atoms with van der Waals surface area (Å²) in [5.41, 5.74) is -0.172. The summed E-state index contributed by atoms with van der Waals surface area (Å²) in [6, 6.07) is 3.82. The molecule has 2 fully saturated rings. The lowest BCUT2D eigenvalue weighted by molar-refractivity contribution is -0.136. The molecule has 188 valence electrons. The minimum Gasteiger partial charge on any atom is -0.493 e. The second-order valence-corrected chi connectivity index (χ2v) is 10.2. The molecule has 35 heavy (non-hydrogen) atoms. The summed E-state index contributed by atoms with van der Waals surface area (Å²) < 4.78 is 11.4. The zero-order valence-corrected chi connectivity index (χ0v) is 20.3. The first-order valence-corrected chi connectivity index (χ1v) is 12.0. The molecule has 0 bridgehead atoms. The molecule has 1 aromatic rings. The molecular weight excluding hydrogens is 454 g/mol. The monoisotopic (exact) mass is 485 g/mol. The highest BCUT2D eigenvalue weighted by atomic mass is 16.6. The maximum Gasteiger partial charge on any atom is 0.410 e. The largest absolute Gasteiger partial charge is 0.493 e. The van der Waals surface area contributed by atoms with E-state index in [-0.39, 0.29) is 30.1 Å². The van der Waals surface area contributed by atoms with Crippen LogP contribution in [0.3, 0.4) is 0 Å². The maximum absolute atomic E-state index is 13.1. The summed E-state index contributed by atoms with van der Waals surface area (Å²) in [7, 11) is 0. The molecule has 5 amide bonds. The molecule has 3 aliphatic rings. The smallest absolute Gasteiger partial charge is 0.410 e. The highest BCUT2D eigenvalue weighted by Gasteiger charge is 2.46. The van der Waals surface area contributed by atoms with Crippen LogP contribution in [0.15, 0.2) is 18.2 Å². The number of ether oxygens (including phenoxy) is 2. The van der Waals surface area contributed by atoms with Crippen LogP contribution in [0.25, 0.3) is 0 Å². The highest BCUT2D eigenvalue weighted by Crippen LogP contribution is 2.34. The molecule has 0 radical (unpaired) electrons. The number of carbonyl (C=O) groups is 5. The molecule has 0 saturated carbocycles. The van der Waals surface area contributed by atoms with Crippen LogP contribution in [0.2, 0.25) is 0 Å². The third-order valence-corrected chi connectivity index (χ3v) is 6.48. The molecule has 10 nitrogen and oxygen atoms in total. The van der Waals surface area contributed by atoms with Gasteiger partial charge in [0.1, 0.15) is 17.4 Å². The molecule has 1 unspecified atom stereocenters. The van der Waals surface area contributed by atoms with Crippen molar-refractivity contribution >= 4 is 29.7 Å². The number of rotatable bonds is 5. The first-order chi connectivity index (χ1) is 16.5. The van der Waals surface area contributed by atoms with Gasteiger partial charge in [-0.25, -0.2) is 4.79 Å². The first-order valence-electron chi connectivity index (χ1n) is 12.0. The third-order valence-electron chi connectivity index (χ3n) is 6.48. The maximum atomic E-state index is 13.1. The van der Waals surface area contributed by atoms with E-state index in [0.717, 1.165) is 24.2 Å². The molecule has 2 saturated heterocycles. The summed E-state index contributed by atoms with van der Waals surface area (Å²) in [4.78, 5) is 64.7. The fourth-order valence-electron chi connectivity index (χ4n) is 4.67. The van der Waals surface area contributed by atoms with Gasteiger partial charge in [-0.15, -0.1) is 0 Å². The zero-order valence-electron chi connectivity index (χ0n) is 20.3. The minimum absolute atomic E-state index is 0.0694. The lowest BCUT2D eigenvalue weighted by atomic mass is 9.94. The fourth-order valence-corrected chi connectivity index (χ4v) is 4.67. The summed E-state index contributed by atoms with van der Waals surface area (Å²) in [6.07, 6.45) is 2.28. The van der Waals surface area contributed by atoms with E-state index in [4.69, 9.17) is 9.47 Å². The van der Waals surface area contributed by atoms with Crippen LogP contribution < -0.4 is 10.1 Å². The van der Waals surface area contributed by atoms with Crippen LogP contribution in [-0.4, -0.2) is 70.9 Å². The van der Waals surface area contributed by atoms with Gasteiger partial charge < -0.3 is 14.4 Å². The molecule has 1 aromatic carbocycles. The summed E-state index contributed by atoms with van der Waals surface area (Å²) in [5.74, 6) is -1.52. The van der Waals surface area contributed by atoms with Crippen molar-refractivity contribution in [3.63, 3.8) is 0 Å². The van der Waals surface area contributed by atoms with Crippen molar-refractivity contribution in [2.45, 2.75) is 64.5 Å². The van der Waals surface area contributed by atoms with Gasteiger partial charge in [0, 0.05) is 19.5 Å². The van der Waals surface area contributed by atoms with Crippen molar-refractivity contribution in [2.75, 3.05) is 19.7 Å². The number of nitrogens with zero attached hydrogens (tertiary/aromatic N) is 2. The van der Waals surface area contributed by atoms with Gasteiger partial charge in [0.15, 0.2) is 0 Å². The van der Waals surface area contributed by atoms with Crippen LogP contribution in [0.1, 0.15) is 73.6 Å². The van der Waals surface area contributed by atoms with E-state index in [0.29, 0.717) is 31.4 Å². The second-order valence-electron chi connectivity index (χ2n) is 10.2. The fraction of sp³-hybridized carbons (Fsp3) is 0.560. The number of nitrogens with one attached hydrogen (secondary N) is 1. The van der Waals surface area contributed by atoms with Crippen molar-refractivity contribution in [3.05, 3.63) is 29.3 Å². The number of piperidine rings is 2. The lowest BCUT2D eigenvalue weighted by Gasteiger charge is -2.33. The van der Waals surface area contributed by atoms with Crippen LogP contribution in [0, 0.1) is 5.92 Å². The molecular formula is C25H31N3O7. The lowest BCUT2D eigenvalue weighted by Crippen LogP contribution is -2.54. The van der Waals surface area contributed by atoms with Gasteiger partial charge in [-0.1, -0.05) is 6.07 Å². The van der Waals surface area contributed by atoms with Crippen LogP contribution in [0.5, 0.6) is 5.75 Å². The zero-order chi connectivity index (χ0) is 25.3. The average molecular weight is 486 g/mol. The molecule has 0 spiro atoms. The predicted molar refractivity (Wildman–Crippen MR) is 124 cm³/mol. The van der Waals surface area contributed by atoms with E-state index in [1.165, 1.54) is 0 Å². The van der Waals surface area contributed by atoms with Crippen molar-refractivity contribution in [3.8, 4) is 5.75 Å². The number of hydrogen-bond acceptors (Lipinski definition) is 7. The number of amides is 5. The van der Waals surface area contributed by atoms with Gasteiger partial charge in [0.05, 0.1) is 17.7 Å². The van der Waals surface area contributed by atoms with E-state index in [2.05, 4.69) is 5.32 Å². The predicted octanol–water partition coefficient (Wildman–Crippen LogP) is 2.50. The van der Waals surface area contributed by atoms with Crippen LogP contribution >= 0.6 is 0 Å². The van der Waals surface area contributed by atoms with Crippen LogP contribution in [0.4, 0.5) is 4.79 Å². The van der Waals surface area contributed by atoms with Gasteiger partial charge >= 0.3 is 6.09 Å². The summed E-state index contributed by atoms with van der Waals surface area (Å²) in [6.45, 7) is 7.13. The van der Waals surface area contributed by atoms with Crippen molar-refractivity contribution in [1.29, 1.82) is 0 Å². The second kappa shape index (κ2) is 9.67. The van der Waals surface area contributed by atoms with E-state index in [1.807, 2.05) is 20.8 Å². The Balaban J connectivity index is 1.33. The number of carbonyl (C=O) groups excluding carboxylic acids is 5. The summed E-state index contributed by atoms with van der Waals surface area (Å²) >= 11 is 0. The first kappa shape index (κ1) is 24.7. The topological polar surface area (TPSA) is 122 Å². The van der Waals surface area contributed by atoms with Crippen LogP contribution in [-0.2, 0) is 14.3 Å². The Morgan fingerprint density at radius 2 is 1.77 bits per heavy atom. The van der Waals surface area contributed by atoms with Crippen molar-refractivity contribution in [1.82, 2.24) is 15.1 Å². The summed E-state index contributed by atoms with van der Waals surface area (Å²) in [5, 5.41) is 2.19. The van der Waals surface area contributed by atoms with E-state index >= 15 is 0 Å². The molecule has 0 aromatic heterocycles. The standard InChI is InChI=1S/C25H31N3O7/c1-25(2,3)35-24(33)27-12-9-15(10-13-27)11-14-34-18-6-4-5-16-20(18)23(32)28(22(16)31)17-7-8-19(29)26-21(17)30/h4-6,15,17H,7-14H2,1-3H3,(H,26,29,30). The van der Waals surface area contributed by atoms with Gasteiger partial charge in [0.2, 0.25) is 11.8 Å². The number of benzene rings is 1. The number of hydrogen-bond donors (Lipinski definition) is 1. The van der Waals surface area contributed by atoms with E-state index in [1.54, 1.807) is 23.1 Å². The molecule has 0 aliphatic carbocycles. The van der Waals surface area contributed by atoms with Gasteiger partial charge in [-0.2, -0.15) is 0 Å². The van der Waals surface area contributed by atoms with Crippen molar-refractivity contribution < 1.29 is 33.4 Å². The quantitative estimate of drug-likeness (QED) is 0.636. The molecule has 10 heteroatoms. The van der Waals surface area contributed by atoms with Crippen molar-refractivity contribution in [2.24, 2.45) is 5.92 Å². The molecule has 1 atom stereocenters. The van der Waals surface area contributed by atoms with Gasteiger partial charge in [0.25, 0.3) is 11.8 Å². The minimum atomic E-state index is -1.01. The molecule has 1 N–H and O–H groups in total. The number of likely N-dealkylation sites (tertiary alicyclic amines) is 1. The van der Waals surface area contributed by atoms with Gasteiger partial charge in [-0.3, -0.25) is 29.4 Å². The van der Waals surface area contributed by atoms with Gasteiger partial charge in [-0.05, 0) is 64.5 Å². The Bertz CT molecular complexity index is 1050. The number of fused-ring (bicyclic) bond motifs is 1. The van der Waals surface area contributed by atoms with E-state index in [9.17, 15) is 24.0 Å². The highest BCUT2D eigenvalue weighted by molar-refractivity contribution is 6.24. The normalized spacial score (nSPS) is 21.2. The SMILES string of the molecule is CC(C)(C)OC(=O)N1CCC(CCOc2cccc3c2C(=O)N(C2CCC(=O)NC2=O)C3=O)CC1. The Kier molecular flexibility index (Phi) is 6.82. The molecule has 3 heterocycles. The van der Waals surface area contributed by atoms with E-state index < -0.39 is 35.3 Å². The Labute approximate surface area is 203 Å². The number of imide groups is 2. The molecule has 3 aliphatic heterocycles. The Morgan fingerprint density at radius 1 is 1.06 bits per heavy atom. The Hall–Kier alpha value is -3.43. The third kappa shape index (κ3) is 5.31. The average Bonchev–Trinajstić information content (AvgIpc) is 3.04.